The van der Waals surface area contributed by atoms with Gasteiger partial charge in [-0.05, 0) is 6.07 Å². The lowest BCUT2D eigenvalue weighted by Gasteiger charge is -1.93. The van der Waals surface area contributed by atoms with Crippen molar-refractivity contribution in [2.24, 2.45) is 0 Å². The maximum absolute atomic E-state index is 5.04. The summed E-state index contributed by atoms with van der Waals surface area (Å²) in [6.45, 7) is 4.85. The fraction of sp³-hybridized carbons (Fsp3) is 0.200. The van der Waals surface area contributed by atoms with Crippen molar-refractivity contribution in [2.75, 3.05) is 6.54 Å². The van der Waals surface area contributed by atoms with Gasteiger partial charge in [-0.2, -0.15) is 4.98 Å². The van der Waals surface area contributed by atoms with E-state index in [4.69, 9.17) is 8.94 Å². The van der Waals surface area contributed by atoms with E-state index in [1.807, 2.05) is 0 Å². The second kappa shape index (κ2) is 4.56. The van der Waals surface area contributed by atoms with Gasteiger partial charge in [0.1, 0.15) is 6.26 Å². The van der Waals surface area contributed by atoms with E-state index in [9.17, 15) is 0 Å². The molecule has 15 heavy (non-hydrogen) atoms. The first kappa shape index (κ1) is 9.67. The highest BCUT2D eigenvalue weighted by atomic mass is 16.5. The average Bonchev–Trinajstić information content (AvgIpc) is 2.87. The van der Waals surface area contributed by atoms with E-state index in [0.717, 1.165) is 5.56 Å². The lowest BCUT2D eigenvalue weighted by Crippen LogP contribution is -2.12. The maximum Gasteiger partial charge on any atom is 0.240 e. The number of rotatable bonds is 5. The molecule has 5 heteroatoms. The summed E-state index contributed by atoms with van der Waals surface area (Å²) in [4.78, 5) is 4.19. The number of aromatic nitrogens is 2. The predicted octanol–water partition coefficient (Wildman–Crippen LogP) is 1.61. The highest BCUT2D eigenvalue weighted by Crippen LogP contribution is 2.15. The number of nitrogens with one attached hydrogen (secondary N) is 1. The third kappa shape index (κ3) is 2.32. The smallest absolute Gasteiger partial charge is 0.240 e. The van der Waals surface area contributed by atoms with E-state index < -0.39 is 0 Å². The van der Waals surface area contributed by atoms with Gasteiger partial charge in [0.15, 0.2) is 0 Å². The molecule has 0 unspecified atom stereocenters. The Bertz CT molecular complexity index is 420. The van der Waals surface area contributed by atoms with Crippen LogP contribution < -0.4 is 5.32 Å². The molecular weight excluding hydrogens is 194 g/mol. The molecule has 0 aliphatic rings. The van der Waals surface area contributed by atoms with Crippen LogP contribution in [0.15, 0.2) is 40.2 Å². The summed E-state index contributed by atoms with van der Waals surface area (Å²) in [5, 5.41) is 6.90. The molecule has 1 N–H and O–H groups in total. The number of furan rings is 1. The SMILES string of the molecule is C=CCNCc1nc(-c2ccoc2)no1. The molecule has 0 fully saturated rings. The summed E-state index contributed by atoms with van der Waals surface area (Å²) in [5.74, 6) is 1.09. The molecule has 0 bridgehead atoms. The Kier molecular flexibility index (Phi) is 2.94. The highest BCUT2D eigenvalue weighted by Gasteiger charge is 2.08. The zero-order chi connectivity index (χ0) is 10.5. The van der Waals surface area contributed by atoms with Gasteiger partial charge in [-0.15, -0.1) is 6.58 Å². The molecule has 2 aromatic rings. The predicted molar refractivity (Wildman–Crippen MR) is 53.9 cm³/mol. The van der Waals surface area contributed by atoms with Crippen LogP contribution in [-0.4, -0.2) is 16.7 Å². The minimum absolute atomic E-state index is 0.539. The minimum atomic E-state index is 0.539. The van der Waals surface area contributed by atoms with Crippen LogP contribution in [0.5, 0.6) is 0 Å². The van der Waals surface area contributed by atoms with Gasteiger partial charge in [-0.25, -0.2) is 0 Å². The molecule has 0 atom stereocenters. The summed E-state index contributed by atoms with van der Waals surface area (Å²) in [6.07, 6.45) is 4.92. The summed E-state index contributed by atoms with van der Waals surface area (Å²) in [7, 11) is 0. The molecule has 2 aromatic heterocycles. The molecule has 0 aromatic carbocycles. The topological polar surface area (TPSA) is 64.1 Å². The molecule has 2 heterocycles. The highest BCUT2D eigenvalue weighted by molar-refractivity contribution is 5.51. The normalized spacial score (nSPS) is 10.4. The molecular formula is C10H11N3O2. The van der Waals surface area contributed by atoms with Gasteiger partial charge in [0, 0.05) is 6.54 Å². The summed E-state index contributed by atoms with van der Waals surface area (Å²) >= 11 is 0. The number of nitrogens with zero attached hydrogens (tertiary/aromatic N) is 2. The Morgan fingerprint density at radius 1 is 1.53 bits per heavy atom. The van der Waals surface area contributed by atoms with Crippen LogP contribution in [0.4, 0.5) is 0 Å². The first-order chi connectivity index (χ1) is 7.40. The third-order valence-electron chi connectivity index (χ3n) is 1.81. The van der Waals surface area contributed by atoms with Gasteiger partial charge in [-0.3, -0.25) is 0 Å². The Morgan fingerprint density at radius 3 is 3.20 bits per heavy atom. The van der Waals surface area contributed by atoms with Crippen LogP contribution in [0.2, 0.25) is 0 Å². The Hall–Kier alpha value is -1.88. The van der Waals surface area contributed by atoms with Gasteiger partial charge >= 0.3 is 0 Å². The minimum Gasteiger partial charge on any atom is -0.472 e. The van der Waals surface area contributed by atoms with Crippen molar-refractivity contribution in [3.8, 4) is 11.4 Å². The van der Waals surface area contributed by atoms with E-state index in [1.54, 1.807) is 24.7 Å². The van der Waals surface area contributed by atoms with Crippen LogP contribution in [0.1, 0.15) is 5.89 Å². The largest absolute Gasteiger partial charge is 0.472 e. The van der Waals surface area contributed by atoms with Gasteiger partial charge in [0.2, 0.25) is 11.7 Å². The van der Waals surface area contributed by atoms with Crippen LogP contribution in [0.25, 0.3) is 11.4 Å². The Labute approximate surface area is 86.8 Å². The van der Waals surface area contributed by atoms with Crippen molar-refractivity contribution in [3.63, 3.8) is 0 Å². The van der Waals surface area contributed by atoms with Crippen molar-refractivity contribution in [3.05, 3.63) is 37.1 Å². The lowest BCUT2D eigenvalue weighted by molar-refractivity contribution is 0.370. The first-order valence-corrected chi connectivity index (χ1v) is 4.57. The zero-order valence-corrected chi connectivity index (χ0v) is 8.14. The quantitative estimate of drug-likeness (QED) is 0.593. The van der Waals surface area contributed by atoms with E-state index in [2.05, 4.69) is 22.0 Å². The Morgan fingerprint density at radius 2 is 2.47 bits per heavy atom. The number of hydrogen-bond donors (Lipinski definition) is 1. The average molecular weight is 205 g/mol. The van der Waals surface area contributed by atoms with Crippen molar-refractivity contribution >= 4 is 0 Å². The fourth-order valence-corrected chi connectivity index (χ4v) is 1.12. The standard InChI is InChI=1S/C10H11N3O2/c1-2-4-11-6-9-12-10(13-15-9)8-3-5-14-7-8/h2-3,5,7,11H,1,4,6H2. The summed E-state index contributed by atoms with van der Waals surface area (Å²) < 4.78 is 9.96. The molecule has 0 amide bonds. The van der Waals surface area contributed by atoms with Gasteiger partial charge in [0.05, 0.1) is 18.4 Å². The van der Waals surface area contributed by atoms with Crippen molar-refractivity contribution in [2.45, 2.75) is 6.54 Å². The second-order valence-electron chi connectivity index (χ2n) is 2.94. The molecule has 0 saturated carbocycles. The summed E-state index contributed by atoms with van der Waals surface area (Å²) in [5.41, 5.74) is 0.814. The van der Waals surface area contributed by atoms with E-state index in [0.29, 0.717) is 24.8 Å². The monoisotopic (exact) mass is 205 g/mol. The molecule has 0 aliphatic carbocycles. The van der Waals surface area contributed by atoms with Crippen LogP contribution in [0.3, 0.4) is 0 Å². The molecule has 78 valence electrons. The summed E-state index contributed by atoms with van der Waals surface area (Å²) in [6, 6.07) is 1.78. The van der Waals surface area contributed by atoms with Gasteiger partial charge in [-0.1, -0.05) is 11.2 Å². The van der Waals surface area contributed by atoms with Gasteiger partial charge < -0.3 is 14.3 Å². The van der Waals surface area contributed by atoms with Crippen molar-refractivity contribution < 1.29 is 8.94 Å². The van der Waals surface area contributed by atoms with E-state index in [-0.39, 0.29) is 0 Å². The molecule has 0 spiro atoms. The molecule has 0 saturated heterocycles. The Balaban J connectivity index is 2.01. The molecule has 2 rings (SSSR count). The van der Waals surface area contributed by atoms with Crippen LogP contribution in [-0.2, 0) is 6.54 Å². The number of hydrogen-bond acceptors (Lipinski definition) is 5. The van der Waals surface area contributed by atoms with Crippen LogP contribution in [0, 0.1) is 0 Å². The van der Waals surface area contributed by atoms with Crippen molar-refractivity contribution in [1.29, 1.82) is 0 Å². The lowest BCUT2D eigenvalue weighted by atomic mass is 10.3. The zero-order valence-electron chi connectivity index (χ0n) is 8.14. The molecule has 5 nitrogen and oxygen atoms in total. The maximum atomic E-state index is 5.04. The third-order valence-corrected chi connectivity index (χ3v) is 1.81. The molecule has 0 radical (unpaired) electrons. The van der Waals surface area contributed by atoms with Crippen LogP contribution >= 0.6 is 0 Å². The van der Waals surface area contributed by atoms with Gasteiger partial charge in [0.25, 0.3) is 0 Å². The van der Waals surface area contributed by atoms with Crippen molar-refractivity contribution in [1.82, 2.24) is 15.5 Å². The fourth-order valence-electron chi connectivity index (χ4n) is 1.12. The molecule has 0 aliphatic heterocycles. The van der Waals surface area contributed by atoms with E-state index >= 15 is 0 Å². The first-order valence-electron chi connectivity index (χ1n) is 4.57. The van der Waals surface area contributed by atoms with E-state index in [1.165, 1.54) is 0 Å². The second-order valence-corrected chi connectivity index (χ2v) is 2.94.